The van der Waals surface area contributed by atoms with E-state index in [0.29, 0.717) is 18.9 Å². The molecule has 1 unspecified atom stereocenters. The fourth-order valence-electron chi connectivity index (χ4n) is 2.26. The molecule has 1 heterocycles. The molecule has 122 valence electrons. The van der Waals surface area contributed by atoms with Gasteiger partial charge < -0.3 is 11.1 Å². The SMILES string of the molecule is Cc1ccc(CC(=O)NC(C)(CN)CC(C)C)cn1.Cl.Cl. The Labute approximate surface area is 140 Å². The Hall–Kier alpha value is -0.840. The van der Waals surface area contributed by atoms with Crippen LogP contribution in [0.25, 0.3) is 0 Å². The highest BCUT2D eigenvalue weighted by Gasteiger charge is 2.25. The van der Waals surface area contributed by atoms with Crippen LogP contribution in [0.5, 0.6) is 0 Å². The van der Waals surface area contributed by atoms with Crippen molar-refractivity contribution in [2.24, 2.45) is 11.7 Å². The summed E-state index contributed by atoms with van der Waals surface area (Å²) >= 11 is 0. The Morgan fingerprint density at radius 3 is 2.43 bits per heavy atom. The molecule has 0 aliphatic carbocycles. The molecule has 6 heteroatoms. The molecular formula is C15H27Cl2N3O. The number of amides is 1. The van der Waals surface area contributed by atoms with Crippen LogP contribution < -0.4 is 11.1 Å². The van der Waals surface area contributed by atoms with Gasteiger partial charge in [0.15, 0.2) is 0 Å². The third-order valence-electron chi connectivity index (χ3n) is 3.09. The first-order valence-corrected chi connectivity index (χ1v) is 6.77. The summed E-state index contributed by atoms with van der Waals surface area (Å²) in [7, 11) is 0. The lowest BCUT2D eigenvalue weighted by atomic mass is 9.90. The monoisotopic (exact) mass is 335 g/mol. The summed E-state index contributed by atoms with van der Waals surface area (Å²) in [6.07, 6.45) is 2.97. The van der Waals surface area contributed by atoms with E-state index in [1.54, 1.807) is 6.20 Å². The molecule has 0 spiro atoms. The molecule has 4 nitrogen and oxygen atoms in total. The van der Waals surface area contributed by atoms with Crippen molar-refractivity contribution in [2.45, 2.75) is 46.1 Å². The molecule has 0 bridgehead atoms. The van der Waals surface area contributed by atoms with Crippen molar-refractivity contribution >= 4 is 30.7 Å². The molecule has 1 aromatic rings. The first-order valence-electron chi connectivity index (χ1n) is 6.77. The molecule has 1 amide bonds. The zero-order valence-electron chi connectivity index (χ0n) is 13.2. The molecule has 0 saturated carbocycles. The maximum Gasteiger partial charge on any atom is 0.224 e. The van der Waals surface area contributed by atoms with Crippen LogP contribution in [-0.2, 0) is 11.2 Å². The number of rotatable bonds is 6. The molecule has 0 aliphatic heterocycles. The van der Waals surface area contributed by atoms with Gasteiger partial charge in [0.2, 0.25) is 5.91 Å². The van der Waals surface area contributed by atoms with E-state index in [9.17, 15) is 4.79 Å². The first kappa shape index (κ1) is 22.4. The number of hydrogen-bond donors (Lipinski definition) is 2. The summed E-state index contributed by atoms with van der Waals surface area (Å²) in [5.74, 6) is 0.495. The van der Waals surface area contributed by atoms with Gasteiger partial charge >= 0.3 is 0 Å². The predicted octanol–water partition coefficient (Wildman–Crippen LogP) is 2.66. The van der Waals surface area contributed by atoms with Gasteiger partial charge in [-0.25, -0.2) is 0 Å². The quantitative estimate of drug-likeness (QED) is 0.839. The molecule has 0 radical (unpaired) electrons. The van der Waals surface area contributed by atoms with Gasteiger partial charge in [-0.1, -0.05) is 19.9 Å². The van der Waals surface area contributed by atoms with Crippen molar-refractivity contribution in [3.05, 3.63) is 29.6 Å². The maximum absolute atomic E-state index is 12.1. The number of carbonyl (C=O) groups is 1. The second-order valence-corrected chi connectivity index (χ2v) is 5.90. The summed E-state index contributed by atoms with van der Waals surface area (Å²) in [5, 5.41) is 3.05. The fourth-order valence-corrected chi connectivity index (χ4v) is 2.26. The normalized spacial score (nSPS) is 12.9. The van der Waals surface area contributed by atoms with Crippen LogP contribution in [0.4, 0.5) is 0 Å². The topological polar surface area (TPSA) is 68.0 Å². The third kappa shape index (κ3) is 8.24. The molecule has 3 N–H and O–H groups in total. The van der Waals surface area contributed by atoms with Crippen molar-refractivity contribution in [1.29, 1.82) is 0 Å². The van der Waals surface area contributed by atoms with Gasteiger partial charge in [-0.05, 0) is 37.8 Å². The lowest BCUT2D eigenvalue weighted by Gasteiger charge is -2.31. The summed E-state index contributed by atoms with van der Waals surface area (Å²) in [4.78, 5) is 16.3. The van der Waals surface area contributed by atoms with Crippen molar-refractivity contribution in [1.82, 2.24) is 10.3 Å². The van der Waals surface area contributed by atoms with Crippen molar-refractivity contribution in [3.8, 4) is 0 Å². The summed E-state index contributed by atoms with van der Waals surface area (Å²) in [6, 6.07) is 3.85. The zero-order chi connectivity index (χ0) is 14.5. The number of nitrogens with one attached hydrogen (secondary N) is 1. The molecule has 0 aromatic carbocycles. The predicted molar refractivity (Wildman–Crippen MR) is 92.2 cm³/mol. The molecular weight excluding hydrogens is 309 g/mol. The van der Waals surface area contributed by atoms with Gasteiger partial charge in [-0.2, -0.15) is 0 Å². The molecule has 1 atom stereocenters. The molecule has 21 heavy (non-hydrogen) atoms. The van der Waals surface area contributed by atoms with Gasteiger partial charge in [-0.3, -0.25) is 9.78 Å². The molecule has 0 aliphatic rings. The van der Waals surface area contributed by atoms with E-state index in [-0.39, 0.29) is 36.3 Å². The minimum Gasteiger partial charge on any atom is -0.349 e. The molecule has 0 fully saturated rings. The number of nitrogens with zero attached hydrogens (tertiary/aromatic N) is 1. The number of aromatic nitrogens is 1. The number of nitrogens with two attached hydrogens (primary N) is 1. The molecule has 1 aromatic heterocycles. The smallest absolute Gasteiger partial charge is 0.224 e. The second kappa shape index (κ2) is 9.98. The lowest BCUT2D eigenvalue weighted by Crippen LogP contribution is -2.52. The lowest BCUT2D eigenvalue weighted by molar-refractivity contribution is -0.122. The van der Waals surface area contributed by atoms with Crippen LogP contribution in [0.1, 0.15) is 38.4 Å². The van der Waals surface area contributed by atoms with Crippen LogP contribution >= 0.6 is 24.8 Å². The van der Waals surface area contributed by atoms with Crippen molar-refractivity contribution in [3.63, 3.8) is 0 Å². The highest BCUT2D eigenvalue weighted by molar-refractivity contribution is 5.85. The Morgan fingerprint density at radius 2 is 2.00 bits per heavy atom. The van der Waals surface area contributed by atoms with E-state index < -0.39 is 0 Å². The standard InChI is InChI=1S/C15H25N3O.2ClH/c1-11(2)8-15(4,10-16)18-14(19)7-13-6-5-12(3)17-9-13;;/h5-6,9,11H,7-8,10,16H2,1-4H3,(H,18,19);2*1H. The van der Waals surface area contributed by atoms with Crippen LogP contribution in [0.15, 0.2) is 18.3 Å². The van der Waals surface area contributed by atoms with E-state index in [1.807, 2.05) is 26.0 Å². The Bertz CT molecular complexity index is 423. The molecule has 0 saturated heterocycles. The van der Waals surface area contributed by atoms with Gasteiger partial charge in [0.25, 0.3) is 0 Å². The third-order valence-corrected chi connectivity index (χ3v) is 3.09. The van der Waals surface area contributed by atoms with Gasteiger partial charge in [0.05, 0.1) is 6.42 Å². The van der Waals surface area contributed by atoms with E-state index in [4.69, 9.17) is 5.73 Å². The van der Waals surface area contributed by atoms with Crippen LogP contribution in [-0.4, -0.2) is 23.0 Å². The van der Waals surface area contributed by atoms with Gasteiger partial charge in [-0.15, -0.1) is 24.8 Å². The largest absolute Gasteiger partial charge is 0.349 e. The van der Waals surface area contributed by atoms with E-state index >= 15 is 0 Å². The second-order valence-electron chi connectivity index (χ2n) is 5.90. The molecule has 1 rings (SSSR count). The Balaban J connectivity index is 0. The van der Waals surface area contributed by atoms with Crippen molar-refractivity contribution in [2.75, 3.05) is 6.54 Å². The number of hydrogen-bond acceptors (Lipinski definition) is 3. The number of pyridine rings is 1. The maximum atomic E-state index is 12.1. The zero-order valence-corrected chi connectivity index (χ0v) is 14.8. The summed E-state index contributed by atoms with van der Waals surface area (Å²) in [6.45, 7) is 8.63. The van der Waals surface area contributed by atoms with E-state index in [0.717, 1.165) is 17.7 Å². The summed E-state index contributed by atoms with van der Waals surface area (Å²) < 4.78 is 0. The fraction of sp³-hybridized carbons (Fsp3) is 0.600. The van der Waals surface area contributed by atoms with E-state index in [1.165, 1.54) is 0 Å². The summed E-state index contributed by atoms with van der Waals surface area (Å²) in [5.41, 5.74) is 7.34. The average molecular weight is 336 g/mol. The first-order chi connectivity index (χ1) is 8.84. The van der Waals surface area contributed by atoms with E-state index in [2.05, 4.69) is 24.1 Å². The highest BCUT2D eigenvalue weighted by Crippen LogP contribution is 2.15. The highest BCUT2D eigenvalue weighted by atomic mass is 35.5. The van der Waals surface area contributed by atoms with Crippen molar-refractivity contribution < 1.29 is 4.79 Å². The Kier molecular flexibility index (Phi) is 10.7. The minimum absolute atomic E-state index is 0. The number of carbonyl (C=O) groups excluding carboxylic acids is 1. The Morgan fingerprint density at radius 1 is 1.38 bits per heavy atom. The van der Waals surface area contributed by atoms with Gasteiger partial charge in [0, 0.05) is 24.0 Å². The minimum atomic E-state index is -0.330. The average Bonchev–Trinajstić information content (AvgIpc) is 2.31. The number of aryl methyl sites for hydroxylation is 1. The number of halogens is 2. The van der Waals surface area contributed by atoms with Gasteiger partial charge in [0.1, 0.15) is 0 Å². The van der Waals surface area contributed by atoms with Crippen LogP contribution in [0.3, 0.4) is 0 Å². The van der Waals surface area contributed by atoms with Crippen LogP contribution in [0, 0.1) is 12.8 Å². The van der Waals surface area contributed by atoms with Crippen LogP contribution in [0.2, 0.25) is 0 Å².